The van der Waals surface area contributed by atoms with Crippen LogP contribution in [0.2, 0.25) is 0 Å². The van der Waals surface area contributed by atoms with Gasteiger partial charge in [0.15, 0.2) is 5.70 Å². The Morgan fingerprint density at radius 1 is 1.12 bits per heavy atom. The van der Waals surface area contributed by atoms with Gasteiger partial charge in [0.1, 0.15) is 12.4 Å². The lowest BCUT2D eigenvalue weighted by molar-refractivity contribution is -0.384. The van der Waals surface area contributed by atoms with E-state index < -0.39 is 10.9 Å². The summed E-state index contributed by atoms with van der Waals surface area (Å²) < 4.78 is 12.3. The molecule has 0 saturated heterocycles. The fourth-order valence-electron chi connectivity index (χ4n) is 3.04. The van der Waals surface area contributed by atoms with E-state index in [1.165, 1.54) is 12.1 Å². The fourth-order valence-corrected chi connectivity index (χ4v) is 3.38. The number of aryl methyl sites for hydroxylation is 1. The number of benzene rings is 3. The Bertz CT molecular complexity index is 1270. The molecule has 32 heavy (non-hydrogen) atoms. The van der Waals surface area contributed by atoms with Gasteiger partial charge in [0.2, 0.25) is 5.90 Å². The van der Waals surface area contributed by atoms with Crippen LogP contribution in [0.15, 0.2) is 77.4 Å². The van der Waals surface area contributed by atoms with E-state index >= 15 is 0 Å². The zero-order chi connectivity index (χ0) is 22.7. The highest BCUT2D eigenvalue weighted by atomic mass is 127. The number of nitro groups is 1. The molecule has 0 saturated carbocycles. The largest absolute Gasteiger partial charge is 0.489 e. The van der Waals surface area contributed by atoms with E-state index in [9.17, 15) is 14.9 Å². The number of non-ortho nitro benzene ring substituents is 1. The van der Waals surface area contributed by atoms with E-state index in [1.807, 2.05) is 37.3 Å². The van der Waals surface area contributed by atoms with Gasteiger partial charge in [-0.05, 0) is 94.7 Å². The smallest absolute Gasteiger partial charge is 0.363 e. The SMILES string of the molecule is Cc1cc(C2=N/C(=C\c3cccc(OCc4ccc([N+](=O)[O-])cc4)c3)C(=O)O2)ccc1I. The minimum absolute atomic E-state index is 0.0335. The average Bonchev–Trinajstić information content (AvgIpc) is 3.15. The van der Waals surface area contributed by atoms with Crippen molar-refractivity contribution in [1.82, 2.24) is 0 Å². The number of aliphatic imine (C=N–C) groups is 1. The zero-order valence-corrected chi connectivity index (χ0v) is 19.1. The summed E-state index contributed by atoms with van der Waals surface area (Å²) in [6, 6.07) is 19.2. The summed E-state index contributed by atoms with van der Waals surface area (Å²) in [4.78, 5) is 27.0. The van der Waals surface area contributed by atoms with Crippen molar-refractivity contribution in [1.29, 1.82) is 0 Å². The molecule has 0 amide bonds. The zero-order valence-electron chi connectivity index (χ0n) is 16.9. The molecule has 0 aromatic heterocycles. The molecule has 3 aromatic carbocycles. The Morgan fingerprint density at radius 3 is 2.62 bits per heavy atom. The summed E-state index contributed by atoms with van der Waals surface area (Å²) in [6.07, 6.45) is 1.65. The van der Waals surface area contributed by atoms with Gasteiger partial charge in [-0.2, -0.15) is 0 Å². The van der Waals surface area contributed by atoms with Crippen molar-refractivity contribution in [3.05, 3.63) is 108 Å². The number of cyclic esters (lactones) is 1. The second-order valence-electron chi connectivity index (χ2n) is 7.08. The Hall–Kier alpha value is -3.53. The quantitative estimate of drug-likeness (QED) is 0.137. The Morgan fingerprint density at radius 2 is 1.91 bits per heavy atom. The lowest BCUT2D eigenvalue weighted by Gasteiger charge is -2.07. The van der Waals surface area contributed by atoms with Gasteiger partial charge in [-0.15, -0.1) is 0 Å². The molecule has 4 rings (SSSR count). The van der Waals surface area contributed by atoms with Crippen LogP contribution in [-0.4, -0.2) is 16.8 Å². The Balaban J connectivity index is 1.48. The van der Waals surface area contributed by atoms with Crippen molar-refractivity contribution in [3.8, 4) is 5.75 Å². The van der Waals surface area contributed by atoms with Gasteiger partial charge >= 0.3 is 5.97 Å². The summed E-state index contributed by atoms with van der Waals surface area (Å²) in [7, 11) is 0. The number of nitro benzene ring substituents is 1. The summed E-state index contributed by atoms with van der Waals surface area (Å²) in [5.74, 6) is 0.376. The molecule has 1 heterocycles. The second kappa shape index (κ2) is 9.31. The predicted molar refractivity (Wildman–Crippen MR) is 128 cm³/mol. The molecular weight excluding hydrogens is 523 g/mol. The number of esters is 1. The maximum absolute atomic E-state index is 12.3. The van der Waals surface area contributed by atoms with Gasteiger partial charge in [-0.3, -0.25) is 10.1 Å². The van der Waals surface area contributed by atoms with Crippen molar-refractivity contribution in [2.75, 3.05) is 0 Å². The molecule has 0 N–H and O–H groups in total. The number of hydrogen-bond acceptors (Lipinski definition) is 6. The van der Waals surface area contributed by atoms with Crippen LogP contribution >= 0.6 is 22.6 Å². The molecular formula is C24H17IN2O5. The molecule has 0 fully saturated rings. The highest BCUT2D eigenvalue weighted by Crippen LogP contribution is 2.23. The third kappa shape index (κ3) is 5.02. The summed E-state index contributed by atoms with van der Waals surface area (Å²) in [5, 5.41) is 10.7. The van der Waals surface area contributed by atoms with E-state index in [-0.39, 0.29) is 23.9 Å². The number of rotatable bonds is 6. The molecule has 0 spiro atoms. The molecule has 8 heteroatoms. The monoisotopic (exact) mass is 540 g/mol. The average molecular weight is 540 g/mol. The number of carbonyl (C=O) groups excluding carboxylic acids is 1. The van der Waals surface area contributed by atoms with Gasteiger partial charge < -0.3 is 9.47 Å². The first-order valence-electron chi connectivity index (χ1n) is 9.64. The first-order chi connectivity index (χ1) is 15.4. The van der Waals surface area contributed by atoms with Crippen molar-refractivity contribution in [2.45, 2.75) is 13.5 Å². The van der Waals surface area contributed by atoms with E-state index in [0.29, 0.717) is 5.75 Å². The fraction of sp³-hybridized carbons (Fsp3) is 0.0833. The molecule has 7 nitrogen and oxygen atoms in total. The van der Waals surface area contributed by atoms with Gasteiger partial charge in [0.05, 0.1) is 4.92 Å². The van der Waals surface area contributed by atoms with Crippen LogP contribution in [0.5, 0.6) is 5.75 Å². The summed E-state index contributed by atoms with van der Waals surface area (Å²) in [5.41, 5.74) is 3.62. The number of hydrogen-bond donors (Lipinski definition) is 0. The van der Waals surface area contributed by atoms with Crippen molar-refractivity contribution in [3.63, 3.8) is 0 Å². The van der Waals surface area contributed by atoms with Crippen molar-refractivity contribution < 1.29 is 19.2 Å². The molecule has 0 bridgehead atoms. The van der Waals surface area contributed by atoms with Gasteiger partial charge in [-0.1, -0.05) is 12.1 Å². The second-order valence-corrected chi connectivity index (χ2v) is 8.25. The molecule has 3 aromatic rings. The maximum Gasteiger partial charge on any atom is 0.363 e. The van der Waals surface area contributed by atoms with E-state index in [1.54, 1.807) is 30.3 Å². The molecule has 1 aliphatic heterocycles. The Labute approximate surface area is 197 Å². The predicted octanol–water partition coefficient (Wildman–Crippen LogP) is 5.43. The third-order valence-corrected chi connectivity index (χ3v) is 5.95. The van der Waals surface area contributed by atoms with Crippen LogP contribution in [0, 0.1) is 20.6 Å². The first-order valence-corrected chi connectivity index (χ1v) is 10.7. The molecule has 0 unspecified atom stereocenters. The standard InChI is InChI=1S/C24H17IN2O5/c1-15-11-18(7-10-21(15)25)23-26-22(24(28)32-23)13-17-3-2-4-20(12-17)31-14-16-5-8-19(9-6-16)27(29)30/h2-13H,14H2,1H3/b22-13-. The lowest BCUT2D eigenvalue weighted by Crippen LogP contribution is -2.05. The van der Waals surface area contributed by atoms with Crippen molar-refractivity contribution >= 4 is 46.2 Å². The number of carbonyl (C=O) groups is 1. The third-order valence-electron chi connectivity index (χ3n) is 4.74. The van der Waals surface area contributed by atoms with E-state index in [2.05, 4.69) is 27.6 Å². The van der Waals surface area contributed by atoms with E-state index in [0.717, 1.165) is 25.8 Å². The topological polar surface area (TPSA) is 91.0 Å². The summed E-state index contributed by atoms with van der Waals surface area (Å²) in [6.45, 7) is 2.25. The van der Waals surface area contributed by atoms with Gasteiger partial charge in [0, 0.05) is 21.3 Å². The van der Waals surface area contributed by atoms with Crippen LogP contribution in [0.3, 0.4) is 0 Å². The molecule has 0 radical (unpaired) electrons. The first kappa shape index (κ1) is 21.7. The maximum atomic E-state index is 12.3. The van der Waals surface area contributed by atoms with E-state index in [4.69, 9.17) is 9.47 Å². The summed E-state index contributed by atoms with van der Waals surface area (Å²) >= 11 is 2.25. The molecule has 0 aliphatic carbocycles. The van der Waals surface area contributed by atoms with Crippen LogP contribution in [0.4, 0.5) is 5.69 Å². The number of ether oxygens (including phenoxy) is 2. The number of halogens is 1. The molecule has 160 valence electrons. The number of nitrogens with zero attached hydrogens (tertiary/aromatic N) is 2. The highest BCUT2D eigenvalue weighted by molar-refractivity contribution is 14.1. The van der Waals surface area contributed by atoms with Crippen LogP contribution in [-0.2, 0) is 16.1 Å². The van der Waals surface area contributed by atoms with Crippen LogP contribution < -0.4 is 4.74 Å². The highest BCUT2D eigenvalue weighted by Gasteiger charge is 2.24. The normalized spacial score (nSPS) is 14.2. The minimum atomic E-state index is -0.506. The molecule has 0 atom stereocenters. The van der Waals surface area contributed by atoms with Crippen LogP contribution in [0.1, 0.15) is 22.3 Å². The van der Waals surface area contributed by atoms with Gasteiger partial charge in [0.25, 0.3) is 5.69 Å². The minimum Gasteiger partial charge on any atom is -0.489 e. The van der Waals surface area contributed by atoms with Crippen LogP contribution in [0.25, 0.3) is 6.08 Å². The van der Waals surface area contributed by atoms with Crippen molar-refractivity contribution in [2.24, 2.45) is 4.99 Å². The lowest BCUT2D eigenvalue weighted by atomic mass is 10.1. The van der Waals surface area contributed by atoms with Gasteiger partial charge in [-0.25, -0.2) is 9.79 Å². The molecule has 1 aliphatic rings. The Kier molecular flexibility index (Phi) is 6.31.